The summed E-state index contributed by atoms with van der Waals surface area (Å²) >= 11 is 0. The fraction of sp³-hybridized carbons (Fsp3) is 0.857. The topological polar surface area (TPSA) is 80.0 Å². The lowest BCUT2D eigenvalue weighted by Gasteiger charge is -2.02. The molecule has 0 aliphatic rings. The molecule has 14 heavy (non-hydrogen) atoms. The van der Waals surface area contributed by atoms with Gasteiger partial charge in [-0.25, -0.2) is 4.79 Å². The normalized spacial score (nSPS) is 9.21. The summed E-state index contributed by atoms with van der Waals surface area (Å²) in [6, 6.07) is 0. The smallest absolute Gasteiger partial charge is 0.450 e. The Bertz CT molecular complexity index is 126. The van der Waals surface area contributed by atoms with Crippen LogP contribution in [0.3, 0.4) is 0 Å². The number of carbonyl (C=O) groups is 1. The lowest BCUT2D eigenvalue weighted by molar-refractivity contribution is 0.157. The summed E-state index contributed by atoms with van der Waals surface area (Å²) in [6.45, 7) is 2.33. The van der Waals surface area contributed by atoms with E-state index in [1.165, 1.54) is 0 Å². The van der Waals surface area contributed by atoms with Crippen LogP contribution in [0, 0.1) is 0 Å². The molecule has 0 heterocycles. The van der Waals surface area contributed by atoms with Gasteiger partial charge in [-0.05, 0) is 6.42 Å². The second kappa shape index (κ2) is 12.4. The van der Waals surface area contributed by atoms with Crippen molar-refractivity contribution in [2.75, 3.05) is 27.9 Å². The quantitative estimate of drug-likeness (QED) is 0.684. The molecule has 0 rings (SSSR count). The Morgan fingerprint density at radius 1 is 1.21 bits per heavy atom. The molecule has 2 N–H and O–H groups in total. The van der Waals surface area contributed by atoms with Crippen LogP contribution in [0.2, 0.25) is 0 Å². The summed E-state index contributed by atoms with van der Waals surface area (Å²) in [5, 5.41) is 0. The van der Waals surface area contributed by atoms with Crippen molar-refractivity contribution in [3.05, 3.63) is 0 Å². The van der Waals surface area contributed by atoms with Gasteiger partial charge < -0.3 is 23.7 Å². The number of amides is 1. The molecule has 1 radical (unpaired) electrons. The Morgan fingerprint density at radius 2 is 1.64 bits per heavy atom. The van der Waals surface area contributed by atoms with Crippen LogP contribution in [-0.2, 0) is 18.0 Å². The van der Waals surface area contributed by atoms with Crippen molar-refractivity contribution in [1.29, 1.82) is 0 Å². The van der Waals surface area contributed by atoms with E-state index in [2.05, 4.69) is 10.5 Å². The average molecular weight is 224 g/mol. The fourth-order valence-electron chi connectivity index (χ4n) is 0.453. The van der Waals surface area contributed by atoms with Crippen molar-refractivity contribution >= 4 is 15.6 Å². The van der Waals surface area contributed by atoms with E-state index in [0.717, 1.165) is 6.42 Å². The Hall–Kier alpha value is -0.633. The number of ether oxygens (including phenoxy) is 1. The second-order valence-corrected chi connectivity index (χ2v) is 3.75. The highest BCUT2D eigenvalue weighted by molar-refractivity contribution is 6.36. The van der Waals surface area contributed by atoms with Gasteiger partial charge in [0.1, 0.15) is 0 Å². The molecule has 0 aliphatic heterocycles. The Labute approximate surface area is 86.2 Å². The highest BCUT2D eigenvalue weighted by Crippen LogP contribution is 1.81. The van der Waals surface area contributed by atoms with Crippen LogP contribution in [0.1, 0.15) is 13.3 Å². The number of hydrogen-bond acceptors (Lipinski definition) is 5. The van der Waals surface area contributed by atoms with Gasteiger partial charge in [-0.15, -0.1) is 0 Å². The predicted molar refractivity (Wildman–Crippen MR) is 52.6 cm³/mol. The zero-order valence-corrected chi connectivity index (χ0v) is 10.0. The molecule has 0 aromatic heterocycles. The summed E-state index contributed by atoms with van der Waals surface area (Å²) < 4.78 is 18.4. The first kappa shape index (κ1) is 15.8. The van der Waals surface area contributed by atoms with E-state index in [4.69, 9.17) is 13.3 Å². The van der Waals surface area contributed by atoms with Gasteiger partial charge >= 0.3 is 15.6 Å². The molecule has 0 atom stereocenters. The Balaban J connectivity index is 0. The van der Waals surface area contributed by atoms with Crippen LogP contribution in [-0.4, -0.2) is 43.6 Å². The molecule has 0 aromatic carbocycles. The maximum atomic E-state index is 9.76. The number of rotatable bonds is 5. The van der Waals surface area contributed by atoms with E-state index in [-0.39, 0.29) is 0 Å². The minimum atomic E-state index is -1.36. The van der Waals surface area contributed by atoms with Gasteiger partial charge in [-0.1, -0.05) is 6.92 Å². The molecule has 0 saturated carbocycles. The van der Waals surface area contributed by atoms with E-state index in [1.807, 2.05) is 6.92 Å². The maximum Gasteiger partial charge on any atom is 0.576 e. The lowest BCUT2D eigenvalue weighted by atomic mass is 10.5. The first-order valence-corrected chi connectivity index (χ1v) is 5.25. The van der Waals surface area contributed by atoms with Crippen molar-refractivity contribution in [2.24, 2.45) is 5.73 Å². The fourth-order valence-corrected chi connectivity index (χ4v) is 0.953. The number of primary amides is 1. The van der Waals surface area contributed by atoms with Crippen molar-refractivity contribution in [1.82, 2.24) is 0 Å². The van der Waals surface area contributed by atoms with Crippen LogP contribution in [0.5, 0.6) is 0 Å². The molecule has 0 fully saturated rings. The zero-order chi connectivity index (χ0) is 11.4. The van der Waals surface area contributed by atoms with Crippen molar-refractivity contribution < 1.29 is 22.8 Å². The van der Waals surface area contributed by atoms with Crippen molar-refractivity contribution in [3.63, 3.8) is 0 Å². The monoisotopic (exact) mass is 224 g/mol. The summed E-state index contributed by atoms with van der Waals surface area (Å²) in [5.41, 5.74) is 4.62. The standard InChI is InChI=1S/C4H9NO2.C3H9O3Si/c1-2-3-7-4(5)6;1-4-7(5-2)6-3/h2-3H2,1H3,(H2,5,6);1-3H3. The second-order valence-electron chi connectivity index (χ2n) is 2.03. The molecule has 0 aromatic rings. The molecular formula is C7H18NO5Si. The van der Waals surface area contributed by atoms with E-state index in [9.17, 15) is 4.79 Å². The van der Waals surface area contributed by atoms with E-state index < -0.39 is 15.6 Å². The third-order valence-corrected chi connectivity index (χ3v) is 1.95. The molecule has 0 saturated heterocycles. The van der Waals surface area contributed by atoms with Gasteiger partial charge in [0.15, 0.2) is 0 Å². The predicted octanol–water partition coefficient (Wildman–Crippen LogP) is 0.402. The minimum absolute atomic E-state index is 0.426. The van der Waals surface area contributed by atoms with Crippen molar-refractivity contribution in [2.45, 2.75) is 13.3 Å². The molecule has 0 aliphatic carbocycles. The van der Waals surface area contributed by atoms with E-state index in [0.29, 0.717) is 6.61 Å². The number of nitrogens with two attached hydrogens (primary N) is 1. The molecule has 0 bridgehead atoms. The largest absolute Gasteiger partial charge is 0.576 e. The molecular weight excluding hydrogens is 206 g/mol. The summed E-state index contributed by atoms with van der Waals surface area (Å²) in [7, 11) is 3.31. The van der Waals surface area contributed by atoms with Crippen LogP contribution in [0.25, 0.3) is 0 Å². The SMILES string of the molecule is CCCOC(N)=O.CO[Si](OC)OC. The van der Waals surface area contributed by atoms with Gasteiger partial charge in [0.2, 0.25) is 0 Å². The average Bonchev–Trinajstić information content (AvgIpc) is 2.18. The highest BCUT2D eigenvalue weighted by Gasteiger charge is 2.09. The van der Waals surface area contributed by atoms with Crippen molar-refractivity contribution in [3.8, 4) is 0 Å². The summed E-state index contributed by atoms with van der Waals surface area (Å²) in [5.74, 6) is 0. The third-order valence-electron chi connectivity index (χ3n) is 0.948. The zero-order valence-electron chi connectivity index (χ0n) is 9.03. The Morgan fingerprint density at radius 3 is 1.71 bits per heavy atom. The van der Waals surface area contributed by atoms with Gasteiger partial charge in [-0.3, -0.25) is 0 Å². The lowest BCUT2D eigenvalue weighted by Crippen LogP contribution is -2.21. The number of carbonyl (C=O) groups excluding carboxylic acids is 1. The molecule has 6 nitrogen and oxygen atoms in total. The van der Waals surface area contributed by atoms with Crippen LogP contribution in [0.4, 0.5) is 4.79 Å². The molecule has 1 amide bonds. The number of hydrogen-bond donors (Lipinski definition) is 1. The van der Waals surface area contributed by atoms with Gasteiger partial charge in [0.25, 0.3) is 0 Å². The molecule has 7 heteroatoms. The van der Waals surface area contributed by atoms with Gasteiger partial charge in [0, 0.05) is 21.3 Å². The van der Waals surface area contributed by atoms with Gasteiger partial charge in [-0.2, -0.15) is 0 Å². The van der Waals surface area contributed by atoms with Gasteiger partial charge in [0.05, 0.1) is 6.61 Å². The summed E-state index contributed by atoms with van der Waals surface area (Å²) in [4.78, 5) is 9.76. The first-order valence-electron chi connectivity index (χ1n) is 4.03. The molecule has 0 spiro atoms. The molecule has 85 valence electrons. The van der Waals surface area contributed by atoms with Crippen LogP contribution in [0.15, 0.2) is 0 Å². The van der Waals surface area contributed by atoms with Crippen LogP contribution >= 0.6 is 0 Å². The third kappa shape index (κ3) is 13.9. The van der Waals surface area contributed by atoms with Crippen LogP contribution < -0.4 is 5.73 Å². The highest BCUT2D eigenvalue weighted by atomic mass is 28.3. The maximum absolute atomic E-state index is 9.76. The van der Waals surface area contributed by atoms with E-state index >= 15 is 0 Å². The Kier molecular flexibility index (Phi) is 14.0. The molecule has 0 unspecified atom stereocenters. The summed E-state index contributed by atoms with van der Waals surface area (Å²) in [6.07, 6.45) is 0.130. The van der Waals surface area contributed by atoms with E-state index in [1.54, 1.807) is 21.3 Å². The minimum Gasteiger partial charge on any atom is -0.450 e. The first-order chi connectivity index (χ1) is 6.62.